The lowest BCUT2D eigenvalue weighted by atomic mass is 9.78. The van der Waals surface area contributed by atoms with Gasteiger partial charge >= 0.3 is 6.18 Å². The SMILES string of the molecule is CC[C@H](C)[C@@H]1NC(=O)[C@H](CCS(C)(=O)=O)N(C)C(=O)C[C@@H](C(=O)N2CCCCC2)N(C)C(=O)[C@H](C(C)C)N(C)C(=O)C2(CCCC2)NC(=O)[C@@H]2CCCN2C(=O)[C@H](CCC2CCC(C(F)(F)F)C(Cl)C2)NC(=O)CN(C)C(=O)[C@H](CC2CCCCC2)N(C)C(=O)[C@@H]2CCN2C(=O)[C@H](C)N(C)C1=O. The molecule has 12 amide bonds. The summed E-state index contributed by atoms with van der Waals surface area (Å²) in [6.45, 7) is 8.47. The van der Waals surface area contributed by atoms with Gasteiger partial charge in [0.2, 0.25) is 70.9 Å². The minimum absolute atomic E-state index is 0.00844. The molecule has 4 heterocycles. The van der Waals surface area contributed by atoms with Crippen LogP contribution >= 0.6 is 11.6 Å². The second-order valence-electron chi connectivity index (χ2n) is 30.8. The Kier molecular flexibility index (Phi) is 29.0. The number of fused-ring (bicyclic) bond motifs is 2. The van der Waals surface area contributed by atoms with Crippen LogP contribution in [0, 0.1) is 29.6 Å². The number of sulfone groups is 1. The van der Waals surface area contributed by atoms with Gasteiger partial charge in [-0.3, -0.25) is 57.5 Å². The molecule has 0 bridgehead atoms. The van der Waals surface area contributed by atoms with Crippen molar-refractivity contribution >= 4 is 92.3 Å². The Morgan fingerprint density at radius 1 is 0.618 bits per heavy atom. The van der Waals surface area contributed by atoms with E-state index in [-0.39, 0.29) is 89.1 Å². The number of halogens is 4. The van der Waals surface area contributed by atoms with Crippen molar-refractivity contribution in [1.29, 1.82) is 0 Å². The zero-order valence-corrected chi connectivity index (χ0v) is 63.6. The summed E-state index contributed by atoms with van der Waals surface area (Å²) in [5, 5.41) is 7.39. The third kappa shape index (κ3) is 20.0. The summed E-state index contributed by atoms with van der Waals surface area (Å²) in [4.78, 5) is 191. The molecule has 3 N–H and O–H groups in total. The van der Waals surface area contributed by atoms with E-state index in [0.29, 0.717) is 51.6 Å². The van der Waals surface area contributed by atoms with Crippen LogP contribution in [0.25, 0.3) is 0 Å². The summed E-state index contributed by atoms with van der Waals surface area (Å²) in [5.41, 5.74) is -1.61. The fourth-order valence-corrected chi connectivity index (χ4v) is 17.6. The van der Waals surface area contributed by atoms with Crippen molar-refractivity contribution in [2.75, 3.05) is 87.0 Å². The average molecular weight is 1480 g/mol. The van der Waals surface area contributed by atoms with Crippen LogP contribution in [0.1, 0.15) is 189 Å². The smallest absolute Gasteiger partial charge is 0.343 e. The summed E-state index contributed by atoms with van der Waals surface area (Å²) in [7, 11) is 4.44. The normalized spacial score (nSPS) is 30.7. The highest BCUT2D eigenvalue weighted by Crippen LogP contribution is 2.44. The first-order valence-electron chi connectivity index (χ1n) is 37.1. The molecule has 3 unspecified atom stereocenters. The fourth-order valence-electron chi connectivity index (χ4n) is 16.4. The van der Waals surface area contributed by atoms with Crippen molar-refractivity contribution in [3.63, 3.8) is 0 Å². The maximum Gasteiger partial charge on any atom is 0.393 e. The molecule has 0 aromatic heterocycles. The number of nitrogens with zero attached hydrogens (tertiary/aromatic N) is 9. The highest BCUT2D eigenvalue weighted by molar-refractivity contribution is 7.90. The van der Waals surface area contributed by atoms with Crippen LogP contribution in [-0.4, -0.2) is 282 Å². The Labute approximate surface area is 605 Å². The van der Waals surface area contributed by atoms with Gasteiger partial charge in [0.25, 0.3) is 0 Å². The van der Waals surface area contributed by atoms with Crippen molar-refractivity contribution in [2.24, 2.45) is 29.6 Å². The van der Waals surface area contributed by atoms with E-state index >= 15 is 28.8 Å². The van der Waals surface area contributed by atoms with Crippen LogP contribution in [0.5, 0.6) is 0 Å². The number of nitrogens with one attached hydrogen (secondary N) is 3. The molecule has 3 saturated carbocycles. The summed E-state index contributed by atoms with van der Waals surface area (Å²) < 4.78 is 67.8. The van der Waals surface area contributed by atoms with Crippen LogP contribution in [0.4, 0.5) is 13.2 Å². The molecule has 3 aliphatic carbocycles. The number of carbonyl (C=O) groups is 12. The van der Waals surface area contributed by atoms with Gasteiger partial charge in [-0.15, -0.1) is 11.6 Å². The van der Waals surface area contributed by atoms with Crippen LogP contribution in [0.3, 0.4) is 0 Å². The highest BCUT2D eigenvalue weighted by atomic mass is 35.5. The summed E-state index contributed by atoms with van der Waals surface area (Å²) in [5.74, 6) is -12.4. The highest BCUT2D eigenvalue weighted by Gasteiger charge is 2.52. The van der Waals surface area contributed by atoms with Crippen LogP contribution in [-0.2, 0) is 67.4 Å². The van der Waals surface area contributed by atoms with Crippen molar-refractivity contribution in [2.45, 2.75) is 260 Å². The minimum Gasteiger partial charge on any atom is -0.343 e. The molecule has 4 aliphatic heterocycles. The van der Waals surface area contributed by atoms with Gasteiger partial charge in [-0.25, -0.2) is 8.42 Å². The molecule has 26 nitrogen and oxygen atoms in total. The van der Waals surface area contributed by atoms with E-state index in [0.717, 1.165) is 64.4 Å². The first kappa shape index (κ1) is 82.9. The van der Waals surface area contributed by atoms with E-state index in [2.05, 4.69) is 16.0 Å². The molecule has 31 heteroatoms. The summed E-state index contributed by atoms with van der Waals surface area (Å²) >= 11 is 6.40. The number of hydrogen-bond acceptors (Lipinski definition) is 14. The number of amides is 12. The van der Waals surface area contributed by atoms with Gasteiger partial charge in [-0.1, -0.05) is 79.1 Å². The second kappa shape index (κ2) is 35.6. The number of likely N-dealkylation sites (tertiary alicyclic amines) is 1. The molecule has 7 fully saturated rings. The second-order valence-corrected chi connectivity index (χ2v) is 33.7. The topological polar surface area (TPSA) is 304 Å². The quantitative estimate of drug-likeness (QED) is 0.227. The van der Waals surface area contributed by atoms with Crippen molar-refractivity contribution in [3.05, 3.63) is 0 Å². The lowest BCUT2D eigenvalue weighted by Gasteiger charge is -2.45. The number of rotatable bonds is 12. The third-order valence-corrected chi connectivity index (χ3v) is 24.8. The van der Waals surface area contributed by atoms with Crippen molar-refractivity contribution in [1.82, 2.24) is 60.0 Å². The van der Waals surface area contributed by atoms with E-state index in [1.165, 1.54) is 68.8 Å². The van der Waals surface area contributed by atoms with Gasteiger partial charge in [0.1, 0.15) is 69.8 Å². The van der Waals surface area contributed by atoms with E-state index in [9.17, 15) is 50.4 Å². The van der Waals surface area contributed by atoms with Crippen LogP contribution in [0.15, 0.2) is 0 Å². The fraction of sp³-hybridized carbons (Fsp3) is 0.831. The predicted molar refractivity (Wildman–Crippen MR) is 375 cm³/mol. The number of hydrogen-bond donors (Lipinski definition) is 3. The van der Waals surface area contributed by atoms with Gasteiger partial charge in [0.05, 0.1) is 24.6 Å². The first-order valence-corrected chi connectivity index (χ1v) is 39.6. The first-order chi connectivity index (χ1) is 47.8. The average Bonchev–Trinajstić information content (AvgIpc) is 1.35. The van der Waals surface area contributed by atoms with Crippen LogP contribution in [0.2, 0.25) is 0 Å². The number of alkyl halides is 4. The number of carbonyl (C=O) groups excluding carboxylic acids is 12. The Morgan fingerprint density at radius 3 is 1.82 bits per heavy atom. The number of likely N-dealkylation sites (N-methyl/N-ethyl adjacent to an activating group) is 6. The summed E-state index contributed by atoms with van der Waals surface area (Å²) in [6.07, 6.45) is 4.05. The van der Waals surface area contributed by atoms with E-state index < -0.39 is 195 Å². The van der Waals surface area contributed by atoms with Crippen LogP contribution < -0.4 is 16.0 Å². The van der Waals surface area contributed by atoms with Gasteiger partial charge in [-0.2, -0.15) is 13.2 Å². The van der Waals surface area contributed by atoms with Gasteiger partial charge in [0.15, 0.2) is 0 Å². The molecule has 0 radical (unpaired) electrons. The number of piperidine rings is 1. The molecule has 4 saturated heterocycles. The van der Waals surface area contributed by atoms with Gasteiger partial charge in [-0.05, 0) is 127 Å². The third-order valence-electron chi connectivity index (χ3n) is 23.3. The maximum atomic E-state index is 15.5. The minimum atomic E-state index is -4.52. The lowest BCUT2D eigenvalue weighted by molar-refractivity contribution is -0.182. The predicted octanol–water partition coefficient (Wildman–Crippen LogP) is 4.48. The molecule has 13 atom stereocenters. The molecule has 102 heavy (non-hydrogen) atoms. The zero-order chi connectivity index (χ0) is 75.6. The Bertz CT molecular complexity index is 3170. The molecular formula is C71H114ClF3N12O14S. The lowest BCUT2D eigenvalue weighted by Crippen LogP contribution is -2.65. The molecule has 7 rings (SSSR count). The largest absolute Gasteiger partial charge is 0.393 e. The Morgan fingerprint density at radius 2 is 1.25 bits per heavy atom. The van der Waals surface area contributed by atoms with Gasteiger partial charge < -0.3 is 60.0 Å². The molecule has 576 valence electrons. The zero-order valence-electron chi connectivity index (χ0n) is 62.0. The Hall–Kier alpha value is -6.33. The van der Waals surface area contributed by atoms with Crippen molar-refractivity contribution < 1.29 is 79.1 Å². The molecule has 1 spiro atoms. The maximum absolute atomic E-state index is 15.5. The van der Waals surface area contributed by atoms with E-state index in [1.54, 1.807) is 32.6 Å². The molecule has 0 aromatic carbocycles. The van der Waals surface area contributed by atoms with Crippen molar-refractivity contribution in [3.8, 4) is 0 Å². The van der Waals surface area contributed by atoms with Gasteiger partial charge in [0, 0.05) is 80.1 Å². The standard InChI is InChI=1S/C71H114ClF3N12O14S/c1-13-44(4)58-67(97)80(7)45(5)62(92)87-37-30-53(87)65(95)82(9)54(40-46-23-16-14-17-24-46)64(94)79(6)42-56(88)76-50(29-27-47-26-28-48(49(72)39-47)71(73,74)75)63(93)86-36-22-25-52(86)61(91)78-70(32-18-19-33-70)69(99)84(11)59(43(2)3)68(98)83(10)55(66(96)85-34-20-15-21-35-85)41-57(89)81(8)51(60(90)77-58)31-38-102(12,100)101/h43-55,58-59H,13-42H2,1-12H3,(H,76,88)(H,77,90)(H,78,91)/t44-,45-,47?,48?,49?,50-,51-,52-,53-,54-,55-,58-,59-/m0/s1. The van der Waals surface area contributed by atoms with E-state index in [1.807, 2.05) is 0 Å². The summed E-state index contributed by atoms with van der Waals surface area (Å²) in [6, 6.07) is -11.8. The monoisotopic (exact) mass is 1480 g/mol. The van der Waals surface area contributed by atoms with E-state index in [4.69, 9.17) is 11.6 Å². The molecule has 0 aromatic rings. The molecular weight excluding hydrogens is 1370 g/mol. The molecule has 7 aliphatic rings. The Balaban J connectivity index is 1.28.